The molecule has 2 rings (SSSR count). The average Bonchev–Trinajstić information content (AvgIpc) is 2.65. The van der Waals surface area contributed by atoms with E-state index in [2.05, 4.69) is 0 Å². The van der Waals surface area contributed by atoms with Crippen LogP contribution in [0.2, 0.25) is 0 Å². The number of Topliss-reactive ketones (excluding diaryl/α,β-unsaturated/α-hetero) is 1. The number of ketones is 1. The molecule has 0 aliphatic carbocycles. The molecule has 0 radical (unpaired) electrons. The van der Waals surface area contributed by atoms with E-state index < -0.39 is 0 Å². The number of carbonyl (C=O) groups is 2. The van der Waals surface area contributed by atoms with Gasteiger partial charge in [0.25, 0.3) is 0 Å². The van der Waals surface area contributed by atoms with Crippen molar-refractivity contribution in [1.29, 1.82) is 0 Å². The number of hydrogen-bond acceptors (Lipinski definition) is 3. The molecule has 0 bridgehead atoms. The Morgan fingerprint density at radius 1 is 1.29 bits per heavy atom. The number of para-hydroxylation sites is 1. The van der Waals surface area contributed by atoms with Gasteiger partial charge in [0.1, 0.15) is 0 Å². The highest BCUT2D eigenvalue weighted by molar-refractivity contribution is 5.91. The van der Waals surface area contributed by atoms with Crippen LogP contribution in [0.1, 0.15) is 16.8 Å². The summed E-state index contributed by atoms with van der Waals surface area (Å²) < 4.78 is 0. The third-order valence-electron chi connectivity index (χ3n) is 2.43. The Labute approximate surface area is 82.3 Å². The van der Waals surface area contributed by atoms with Crippen LogP contribution in [0.25, 0.3) is 0 Å². The molecule has 0 aromatic heterocycles. The van der Waals surface area contributed by atoms with Crippen LogP contribution in [0, 0.1) is 0 Å². The van der Waals surface area contributed by atoms with Gasteiger partial charge in [-0.25, -0.2) is 0 Å². The molecule has 1 aliphatic rings. The number of aldehydes is 1. The molecule has 0 amide bonds. The van der Waals surface area contributed by atoms with Crippen molar-refractivity contribution in [2.24, 2.45) is 0 Å². The van der Waals surface area contributed by atoms with Crippen molar-refractivity contribution in [3.8, 4) is 0 Å². The van der Waals surface area contributed by atoms with Gasteiger partial charge in [-0.3, -0.25) is 9.59 Å². The summed E-state index contributed by atoms with van der Waals surface area (Å²) in [5, 5.41) is 0. The van der Waals surface area contributed by atoms with Crippen LogP contribution in [0.5, 0.6) is 0 Å². The van der Waals surface area contributed by atoms with Gasteiger partial charge in [-0.1, -0.05) is 12.1 Å². The molecule has 1 saturated heterocycles. The minimum Gasteiger partial charge on any atom is -0.363 e. The molecule has 0 saturated carbocycles. The lowest BCUT2D eigenvalue weighted by Crippen LogP contribution is -2.20. The van der Waals surface area contributed by atoms with Gasteiger partial charge in [0.05, 0.1) is 6.54 Å². The zero-order valence-electron chi connectivity index (χ0n) is 7.77. The zero-order chi connectivity index (χ0) is 9.97. The first kappa shape index (κ1) is 8.94. The van der Waals surface area contributed by atoms with E-state index in [9.17, 15) is 9.59 Å². The van der Waals surface area contributed by atoms with Crippen LogP contribution < -0.4 is 4.90 Å². The van der Waals surface area contributed by atoms with Gasteiger partial charge < -0.3 is 4.90 Å². The maximum atomic E-state index is 11.1. The summed E-state index contributed by atoms with van der Waals surface area (Å²) in [6.07, 6.45) is 1.42. The molecule has 3 heteroatoms. The Morgan fingerprint density at radius 3 is 2.71 bits per heavy atom. The molecular formula is C11H11NO2. The van der Waals surface area contributed by atoms with Gasteiger partial charge in [0.15, 0.2) is 12.1 Å². The van der Waals surface area contributed by atoms with Crippen LogP contribution >= 0.6 is 0 Å². The fourth-order valence-electron chi connectivity index (χ4n) is 1.71. The van der Waals surface area contributed by atoms with E-state index in [1.807, 2.05) is 23.1 Å². The fraction of sp³-hybridized carbons (Fsp3) is 0.273. The summed E-state index contributed by atoms with van der Waals surface area (Å²) in [5.41, 5.74) is 1.52. The average molecular weight is 189 g/mol. The second-order valence-electron chi connectivity index (χ2n) is 3.39. The molecule has 1 fully saturated rings. The van der Waals surface area contributed by atoms with Crippen LogP contribution in [-0.4, -0.2) is 25.2 Å². The summed E-state index contributed by atoms with van der Waals surface area (Å²) in [6, 6.07) is 7.35. The molecule has 0 spiro atoms. The second-order valence-corrected chi connectivity index (χ2v) is 3.39. The third kappa shape index (κ3) is 1.53. The normalized spacial score (nSPS) is 16.0. The van der Waals surface area contributed by atoms with Crippen molar-refractivity contribution in [2.45, 2.75) is 6.42 Å². The molecule has 0 unspecified atom stereocenters. The molecule has 14 heavy (non-hydrogen) atoms. The predicted octanol–water partition coefficient (Wildman–Crippen LogP) is 1.28. The van der Waals surface area contributed by atoms with Crippen LogP contribution in [0.3, 0.4) is 0 Å². The minimum atomic E-state index is 0.241. The first-order valence-electron chi connectivity index (χ1n) is 4.62. The van der Waals surface area contributed by atoms with Crippen molar-refractivity contribution >= 4 is 17.8 Å². The topological polar surface area (TPSA) is 37.4 Å². The van der Waals surface area contributed by atoms with E-state index in [1.165, 1.54) is 0 Å². The summed E-state index contributed by atoms with van der Waals surface area (Å²) in [4.78, 5) is 23.8. The van der Waals surface area contributed by atoms with Gasteiger partial charge in [-0.05, 0) is 12.1 Å². The monoisotopic (exact) mass is 189 g/mol. The number of hydrogen-bond donors (Lipinski definition) is 0. The molecule has 1 aromatic rings. The second kappa shape index (κ2) is 3.62. The summed E-state index contributed by atoms with van der Waals surface area (Å²) in [6.45, 7) is 1.16. The maximum absolute atomic E-state index is 11.1. The van der Waals surface area contributed by atoms with Crippen LogP contribution in [0.4, 0.5) is 5.69 Å². The standard InChI is InChI=1S/C11H11NO2/c13-8-9-3-1-2-4-11(9)12-6-5-10(14)7-12/h1-4,8H,5-7H2. The maximum Gasteiger partial charge on any atom is 0.153 e. The fourth-order valence-corrected chi connectivity index (χ4v) is 1.71. The molecule has 0 atom stereocenters. The van der Waals surface area contributed by atoms with Gasteiger partial charge in [0, 0.05) is 24.2 Å². The lowest BCUT2D eigenvalue weighted by atomic mass is 10.2. The molecule has 3 nitrogen and oxygen atoms in total. The van der Waals surface area contributed by atoms with Crippen molar-refractivity contribution in [3.05, 3.63) is 29.8 Å². The zero-order valence-corrected chi connectivity index (χ0v) is 7.77. The summed E-state index contributed by atoms with van der Waals surface area (Å²) in [7, 11) is 0. The largest absolute Gasteiger partial charge is 0.363 e. The number of carbonyl (C=O) groups excluding carboxylic acids is 2. The van der Waals surface area contributed by atoms with Crippen molar-refractivity contribution in [3.63, 3.8) is 0 Å². The van der Waals surface area contributed by atoms with E-state index in [4.69, 9.17) is 0 Å². The van der Waals surface area contributed by atoms with Crippen molar-refractivity contribution < 1.29 is 9.59 Å². The third-order valence-corrected chi connectivity index (χ3v) is 2.43. The number of nitrogens with zero attached hydrogens (tertiary/aromatic N) is 1. The van der Waals surface area contributed by atoms with Gasteiger partial charge in [-0.2, -0.15) is 0 Å². The Balaban J connectivity index is 2.31. The van der Waals surface area contributed by atoms with E-state index in [-0.39, 0.29) is 5.78 Å². The number of benzene rings is 1. The van der Waals surface area contributed by atoms with Gasteiger partial charge >= 0.3 is 0 Å². The van der Waals surface area contributed by atoms with E-state index in [0.717, 1.165) is 18.5 Å². The first-order chi connectivity index (χ1) is 6.81. The number of anilines is 1. The Kier molecular flexibility index (Phi) is 2.31. The molecule has 1 aromatic carbocycles. The lowest BCUT2D eigenvalue weighted by Gasteiger charge is -2.17. The SMILES string of the molecule is O=Cc1ccccc1N1CCC(=O)C1. The highest BCUT2D eigenvalue weighted by Gasteiger charge is 2.20. The lowest BCUT2D eigenvalue weighted by molar-refractivity contribution is -0.116. The van der Waals surface area contributed by atoms with Crippen LogP contribution in [0.15, 0.2) is 24.3 Å². The minimum absolute atomic E-state index is 0.241. The van der Waals surface area contributed by atoms with Crippen molar-refractivity contribution in [2.75, 3.05) is 18.0 Å². The first-order valence-corrected chi connectivity index (χ1v) is 4.62. The van der Waals surface area contributed by atoms with Crippen LogP contribution in [-0.2, 0) is 4.79 Å². The van der Waals surface area contributed by atoms with E-state index in [0.29, 0.717) is 18.5 Å². The van der Waals surface area contributed by atoms with Crippen molar-refractivity contribution in [1.82, 2.24) is 0 Å². The number of rotatable bonds is 2. The molecule has 1 heterocycles. The molecular weight excluding hydrogens is 178 g/mol. The highest BCUT2D eigenvalue weighted by Crippen LogP contribution is 2.21. The van der Waals surface area contributed by atoms with Gasteiger partial charge in [-0.15, -0.1) is 0 Å². The van der Waals surface area contributed by atoms with Gasteiger partial charge in [0.2, 0.25) is 0 Å². The Morgan fingerprint density at radius 2 is 2.07 bits per heavy atom. The van der Waals surface area contributed by atoms with E-state index in [1.54, 1.807) is 6.07 Å². The smallest absolute Gasteiger partial charge is 0.153 e. The predicted molar refractivity (Wildman–Crippen MR) is 53.7 cm³/mol. The molecule has 72 valence electrons. The highest BCUT2D eigenvalue weighted by atomic mass is 16.1. The Bertz CT molecular complexity index is 373. The quantitative estimate of drug-likeness (QED) is 0.657. The summed E-state index contributed by atoms with van der Waals surface area (Å²) >= 11 is 0. The van der Waals surface area contributed by atoms with E-state index >= 15 is 0 Å². The Hall–Kier alpha value is -1.64. The molecule has 1 aliphatic heterocycles. The summed E-state index contributed by atoms with van der Waals surface area (Å²) in [5.74, 6) is 0.241. The molecule has 0 N–H and O–H groups in total.